The van der Waals surface area contributed by atoms with E-state index in [0.29, 0.717) is 11.4 Å². The van der Waals surface area contributed by atoms with E-state index in [9.17, 15) is 8.42 Å². The second kappa shape index (κ2) is 8.51. The Bertz CT molecular complexity index is 825. The van der Waals surface area contributed by atoms with Crippen molar-refractivity contribution in [1.82, 2.24) is 4.31 Å². The van der Waals surface area contributed by atoms with Gasteiger partial charge in [0.1, 0.15) is 0 Å². The van der Waals surface area contributed by atoms with Crippen LogP contribution in [0.4, 0.5) is 0 Å². The largest absolute Gasteiger partial charge is 0.243 e. The predicted octanol–water partition coefficient (Wildman–Crippen LogP) is 5.30. The van der Waals surface area contributed by atoms with Crippen LogP contribution in [0.25, 0.3) is 0 Å². The second-order valence-electron chi connectivity index (χ2n) is 7.26. The summed E-state index contributed by atoms with van der Waals surface area (Å²) in [5.41, 5.74) is 2.39. The third-order valence-corrected chi connectivity index (χ3v) is 6.88. The zero-order valence-corrected chi connectivity index (χ0v) is 17.9. The number of halogens is 1. The molecule has 1 atom stereocenters. The molecule has 0 fully saturated rings. The Morgan fingerprint density at radius 1 is 1.08 bits per heavy atom. The van der Waals surface area contributed by atoms with Gasteiger partial charge < -0.3 is 0 Å². The lowest BCUT2D eigenvalue weighted by Crippen LogP contribution is -2.33. The van der Waals surface area contributed by atoms with Gasteiger partial charge in [0.2, 0.25) is 10.0 Å². The first-order chi connectivity index (χ1) is 12.2. The van der Waals surface area contributed by atoms with Crippen LogP contribution in [0.1, 0.15) is 36.7 Å². The molecule has 1 unspecified atom stereocenters. The van der Waals surface area contributed by atoms with Crippen molar-refractivity contribution in [2.24, 2.45) is 0 Å². The van der Waals surface area contributed by atoms with Gasteiger partial charge in [0, 0.05) is 13.1 Å². The molecule has 140 valence electrons. The van der Waals surface area contributed by atoms with Crippen LogP contribution in [0.15, 0.2) is 72.1 Å². The fourth-order valence-electron chi connectivity index (χ4n) is 2.63. The van der Waals surface area contributed by atoms with E-state index in [-0.39, 0.29) is 16.8 Å². The quantitative estimate of drug-likeness (QED) is 0.437. The van der Waals surface area contributed by atoms with E-state index < -0.39 is 10.0 Å². The maximum Gasteiger partial charge on any atom is 0.243 e. The van der Waals surface area contributed by atoms with E-state index in [1.54, 1.807) is 36.4 Å². The highest BCUT2D eigenvalue weighted by Gasteiger charge is 2.26. The lowest BCUT2D eigenvalue weighted by molar-refractivity contribution is 0.444. The van der Waals surface area contributed by atoms with Crippen molar-refractivity contribution in [2.45, 2.75) is 35.9 Å². The maximum absolute atomic E-state index is 12.9. The monoisotopic (exact) mass is 435 g/mol. The van der Waals surface area contributed by atoms with Crippen LogP contribution in [0.3, 0.4) is 0 Å². The number of sulfonamides is 1. The van der Waals surface area contributed by atoms with Crippen molar-refractivity contribution in [3.8, 4) is 0 Å². The molecule has 0 saturated heterocycles. The molecule has 3 nitrogen and oxygen atoms in total. The van der Waals surface area contributed by atoms with Gasteiger partial charge in [0.25, 0.3) is 0 Å². The SMILES string of the molecule is C=CCN(CC(Br)c1ccc(C(C)(C)C)cc1)S(=O)(=O)c1ccccc1. The van der Waals surface area contributed by atoms with Crippen LogP contribution in [0.2, 0.25) is 0 Å². The molecule has 0 saturated carbocycles. The third-order valence-electron chi connectivity index (χ3n) is 4.22. The van der Waals surface area contributed by atoms with Gasteiger partial charge in [0.05, 0.1) is 9.72 Å². The Kier molecular flexibility index (Phi) is 6.83. The van der Waals surface area contributed by atoms with Crippen LogP contribution in [-0.4, -0.2) is 25.8 Å². The van der Waals surface area contributed by atoms with Gasteiger partial charge in [0.15, 0.2) is 0 Å². The van der Waals surface area contributed by atoms with Gasteiger partial charge in [-0.1, -0.05) is 85.2 Å². The number of benzene rings is 2. The van der Waals surface area contributed by atoms with Crippen LogP contribution >= 0.6 is 15.9 Å². The molecule has 2 rings (SSSR count). The van der Waals surface area contributed by atoms with E-state index in [2.05, 4.69) is 67.5 Å². The van der Waals surface area contributed by atoms with E-state index in [4.69, 9.17) is 0 Å². The minimum atomic E-state index is -3.57. The molecule has 0 radical (unpaired) electrons. The van der Waals surface area contributed by atoms with Crippen molar-refractivity contribution in [3.63, 3.8) is 0 Å². The standard InChI is InChI=1S/C21H26BrNO2S/c1-5-15-23(26(24,25)19-9-7-6-8-10-19)16-20(22)17-11-13-18(14-12-17)21(2,3)4/h5-14,20H,1,15-16H2,2-4H3. The van der Waals surface area contributed by atoms with Crippen molar-refractivity contribution in [3.05, 3.63) is 78.4 Å². The van der Waals surface area contributed by atoms with Gasteiger partial charge >= 0.3 is 0 Å². The lowest BCUT2D eigenvalue weighted by Gasteiger charge is -2.24. The second-order valence-corrected chi connectivity index (χ2v) is 10.3. The topological polar surface area (TPSA) is 37.4 Å². The number of nitrogens with zero attached hydrogens (tertiary/aromatic N) is 1. The summed E-state index contributed by atoms with van der Waals surface area (Å²) in [7, 11) is -3.57. The fourth-order valence-corrected chi connectivity index (χ4v) is 4.93. The summed E-state index contributed by atoms with van der Waals surface area (Å²) < 4.78 is 27.3. The Balaban J connectivity index is 2.23. The third kappa shape index (κ3) is 5.06. The average molecular weight is 436 g/mol. The fraction of sp³-hybridized carbons (Fsp3) is 0.333. The van der Waals surface area contributed by atoms with Crippen LogP contribution in [-0.2, 0) is 15.4 Å². The summed E-state index contributed by atoms with van der Waals surface area (Å²) in [5, 5.41) is 0. The molecule has 26 heavy (non-hydrogen) atoms. The molecule has 0 N–H and O–H groups in total. The van der Waals surface area contributed by atoms with Crippen LogP contribution < -0.4 is 0 Å². The summed E-state index contributed by atoms with van der Waals surface area (Å²) in [5.74, 6) is 0. The van der Waals surface area contributed by atoms with Gasteiger partial charge in [-0.05, 0) is 28.7 Å². The summed E-state index contributed by atoms with van der Waals surface area (Å²) in [6.45, 7) is 10.8. The number of hydrogen-bond donors (Lipinski definition) is 0. The summed E-state index contributed by atoms with van der Waals surface area (Å²) in [6, 6.07) is 16.8. The van der Waals surface area contributed by atoms with Gasteiger partial charge in [-0.2, -0.15) is 4.31 Å². The highest BCUT2D eigenvalue weighted by Crippen LogP contribution is 2.29. The van der Waals surface area contributed by atoms with E-state index >= 15 is 0 Å². The molecule has 2 aromatic rings. The molecular formula is C21H26BrNO2S. The van der Waals surface area contributed by atoms with Gasteiger partial charge in [-0.3, -0.25) is 0 Å². The molecule has 0 aliphatic carbocycles. The van der Waals surface area contributed by atoms with Gasteiger partial charge in [-0.15, -0.1) is 6.58 Å². The van der Waals surface area contributed by atoms with E-state index in [1.165, 1.54) is 9.87 Å². The normalized spacial score (nSPS) is 13.6. The molecule has 0 bridgehead atoms. The van der Waals surface area contributed by atoms with Crippen molar-refractivity contribution in [2.75, 3.05) is 13.1 Å². The lowest BCUT2D eigenvalue weighted by atomic mass is 9.86. The van der Waals surface area contributed by atoms with Crippen molar-refractivity contribution < 1.29 is 8.42 Å². The highest BCUT2D eigenvalue weighted by molar-refractivity contribution is 9.09. The molecule has 0 aliphatic rings. The zero-order valence-electron chi connectivity index (χ0n) is 15.5. The smallest absolute Gasteiger partial charge is 0.207 e. The van der Waals surface area contributed by atoms with Crippen molar-refractivity contribution in [1.29, 1.82) is 0 Å². The summed E-state index contributed by atoms with van der Waals surface area (Å²) in [6.07, 6.45) is 1.61. The van der Waals surface area contributed by atoms with Crippen molar-refractivity contribution >= 4 is 26.0 Å². The Hall–Kier alpha value is -1.43. The summed E-state index contributed by atoms with van der Waals surface area (Å²) in [4.78, 5) is 0.194. The Morgan fingerprint density at radius 3 is 2.15 bits per heavy atom. The predicted molar refractivity (Wildman–Crippen MR) is 112 cm³/mol. The number of hydrogen-bond acceptors (Lipinski definition) is 2. The van der Waals surface area contributed by atoms with Crippen LogP contribution in [0.5, 0.6) is 0 Å². The molecule has 0 amide bonds. The number of alkyl halides is 1. The number of rotatable bonds is 7. The highest BCUT2D eigenvalue weighted by atomic mass is 79.9. The maximum atomic E-state index is 12.9. The first kappa shape index (κ1) is 20.9. The van der Waals surface area contributed by atoms with Gasteiger partial charge in [-0.25, -0.2) is 8.42 Å². The molecule has 0 heterocycles. The zero-order chi connectivity index (χ0) is 19.4. The summed E-state index contributed by atoms with van der Waals surface area (Å²) >= 11 is 3.66. The Morgan fingerprint density at radius 2 is 1.65 bits per heavy atom. The van der Waals surface area contributed by atoms with E-state index in [1.807, 2.05) is 0 Å². The molecular weight excluding hydrogens is 410 g/mol. The minimum absolute atomic E-state index is 0.0892. The minimum Gasteiger partial charge on any atom is -0.207 e. The Labute approximate surface area is 165 Å². The molecule has 0 aliphatic heterocycles. The molecule has 0 spiro atoms. The van der Waals surface area contributed by atoms with Crippen LogP contribution in [0, 0.1) is 0 Å². The first-order valence-corrected chi connectivity index (χ1v) is 10.9. The molecule has 0 aromatic heterocycles. The average Bonchev–Trinajstić information content (AvgIpc) is 2.61. The van der Waals surface area contributed by atoms with E-state index in [0.717, 1.165) is 5.56 Å². The molecule has 5 heteroatoms. The molecule has 2 aromatic carbocycles. The first-order valence-electron chi connectivity index (χ1n) is 8.57.